The lowest BCUT2D eigenvalue weighted by Gasteiger charge is -2.24. The molecule has 0 saturated carbocycles. The number of hydrogen-bond donors (Lipinski definition) is 0. The van der Waals surface area contributed by atoms with Gasteiger partial charge in [-0.05, 0) is 45.0 Å². The molecule has 0 radical (unpaired) electrons. The minimum atomic E-state index is -0.971. The quantitative estimate of drug-likeness (QED) is 0.419. The van der Waals surface area contributed by atoms with Crippen LogP contribution in [0.4, 0.5) is 5.69 Å². The van der Waals surface area contributed by atoms with E-state index in [0.29, 0.717) is 17.9 Å². The van der Waals surface area contributed by atoms with Gasteiger partial charge in [-0.1, -0.05) is 42.5 Å². The predicted octanol–water partition coefficient (Wildman–Crippen LogP) is 4.75. The molecule has 0 saturated heterocycles. The van der Waals surface area contributed by atoms with Gasteiger partial charge in [0, 0.05) is 23.4 Å². The van der Waals surface area contributed by atoms with Crippen molar-refractivity contribution in [2.75, 3.05) is 11.4 Å². The summed E-state index contributed by atoms with van der Waals surface area (Å²) in [6.07, 6.45) is -0.971. The maximum absolute atomic E-state index is 12.7. The van der Waals surface area contributed by atoms with E-state index in [1.165, 1.54) is 19.9 Å². The van der Waals surface area contributed by atoms with E-state index in [9.17, 15) is 14.4 Å². The molecule has 3 rings (SSSR count). The first-order valence-electron chi connectivity index (χ1n) is 9.69. The number of anilines is 1. The molecule has 154 valence electrons. The SMILES string of the molecule is CCN(C(=O)[C@@H](C)OC(=O)c1ccc(-c2ccc(C(C)=O)cc2)o1)c1ccccc1. The van der Waals surface area contributed by atoms with Crippen molar-refractivity contribution in [1.82, 2.24) is 0 Å². The number of carbonyl (C=O) groups excluding carboxylic acids is 3. The van der Waals surface area contributed by atoms with E-state index >= 15 is 0 Å². The van der Waals surface area contributed by atoms with E-state index in [1.807, 2.05) is 37.3 Å². The summed E-state index contributed by atoms with van der Waals surface area (Å²) in [5, 5.41) is 0. The second-order valence-corrected chi connectivity index (χ2v) is 6.76. The molecule has 2 aromatic carbocycles. The Bertz CT molecular complexity index is 1040. The molecule has 1 amide bonds. The monoisotopic (exact) mass is 405 g/mol. The van der Waals surface area contributed by atoms with Gasteiger partial charge in [0.25, 0.3) is 5.91 Å². The van der Waals surface area contributed by atoms with Crippen LogP contribution in [0.2, 0.25) is 0 Å². The summed E-state index contributed by atoms with van der Waals surface area (Å²) in [7, 11) is 0. The Balaban J connectivity index is 1.68. The molecule has 0 N–H and O–H groups in total. The van der Waals surface area contributed by atoms with Crippen molar-refractivity contribution in [3.05, 3.63) is 78.1 Å². The summed E-state index contributed by atoms with van der Waals surface area (Å²) in [5.41, 5.74) is 2.06. The number of rotatable bonds is 7. The number of ketones is 1. The topological polar surface area (TPSA) is 76.8 Å². The molecule has 0 aliphatic carbocycles. The third-order valence-corrected chi connectivity index (χ3v) is 4.66. The summed E-state index contributed by atoms with van der Waals surface area (Å²) >= 11 is 0. The number of furan rings is 1. The fourth-order valence-electron chi connectivity index (χ4n) is 3.03. The van der Waals surface area contributed by atoms with Crippen molar-refractivity contribution in [2.45, 2.75) is 26.9 Å². The zero-order chi connectivity index (χ0) is 21.7. The number of Topliss-reactive ketones (excluding diaryl/α,β-unsaturated/α-hetero) is 1. The number of amides is 1. The number of carbonyl (C=O) groups is 3. The van der Waals surface area contributed by atoms with Crippen LogP contribution in [-0.2, 0) is 9.53 Å². The Morgan fingerprint density at radius 1 is 0.967 bits per heavy atom. The highest BCUT2D eigenvalue weighted by Crippen LogP contribution is 2.24. The van der Waals surface area contributed by atoms with Crippen molar-refractivity contribution < 1.29 is 23.5 Å². The van der Waals surface area contributed by atoms with E-state index < -0.39 is 12.1 Å². The van der Waals surface area contributed by atoms with Crippen molar-refractivity contribution in [1.29, 1.82) is 0 Å². The van der Waals surface area contributed by atoms with E-state index in [-0.39, 0.29) is 17.5 Å². The molecule has 0 unspecified atom stereocenters. The lowest BCUT2D eigenvalue weighted by molar-refractivity contribution is -0.126. The number of esters is 1. The number of nitrogens with zero attached hydrogens (tertiary/aromatic N) is 1. The molecular formula is C24H23NO5. The van der Waals surface area contributed by atoms with Crippen LogP contribution >= 0.6 is 0 Å². The van der Waals surface area contributed by atoms with Crippen LogP contribution in [0, 0.1) is 0 Å². The van der Waals surface area contributed by atoms with Crippen LogP contribution in [0.3, 0.4) is 0 Å². The van der Waals surface area contributed by atoms with Gasteiger partial charge in [-0.3, -0.25) is 9.59 Å². The van der Waals surface area contributed by atoms with Crippen molar-refractivity contribution in [3.63, 3.8) is 0 Å². The summed E-state index contributed by atoms with van der Waals surface area (Å²) in [6, 6.07) is 19.2. The van der Waals surface area contributed by atoms with Crippen LogP contribution in [0.25, 0.3) is 11.3 Å². The molecule has 0 aliphatic rings. The first-order valence-corrected chi connectivity index (χ1v) is 9.69. The van der Waals surface area contributed by atoms with Gasteiger partial charge in [0.15, 0.2) is 11.9 Å². The Kier molecular flexibility index (Phi) is 6.47. The van der Waals surface area contributed by atoms with Crippen LogP contribution < -0.4 is 4.90 Å². The van der Waals surface area contributed by atoms with Gasteiger partial charge in [0.1, 0.15) is 5.76 Å². The minimum Gasteiger partial charge on any atom is -0.449 e. The van der Waals surface area contributed by atoms with Crippen molar-refractivity contribution >= 4 is 23.3 Å². The van der Waals surface area contributed by atoms with Gasteiger partial charge in [-0.25, -0.2) is 4.79 Å². The molecule has 0 spiro atoms. The third-order valence-electron chi connectivity index (χ3n) is 4.66. The van der Waals surface area contributed by atoms with Gasteiger partial charge in [-0.2, -0.15) is 0 Å². The van der Waals surface area contributed by atoms with Crippen LogP contribution in [0.15, 0.2) is 71.1 Å². The maximum Gasteiger partial charge on any atom is 0.375 e. The van der Waals surface area contributed by atoms with Crippen LogP contribution in [0.5, 0.6) is 0 Å². The predicted molar refractivity (Wildman–Crippen MR) is 113 cm³/mol. The smallest absolute Gasteiger partial charge is 0.375 e. The average Bonchev–Trinajstić information content (AvgIpc) is 3.25. The van der Waals surface area contributed by atoms with Gasteiger partial charge in [0.2, 0.25) is 5.76 Å². The lowest BCUT2D eigenvalue weighted by atomic mass is 10.1. The Labute approximate surface area is 175 Å². The molecule has 0 fully saturated rings. The summed E-state index contributed by atoms with van der Waals surface area (Å²) < 4.78 is 10.9. The zero-order valence-corrected chi connectivity index (χ0v) is 17.1. The molecular weight excluding hydrogens is 382 g/mol. The summed E-state index contributed by atoms with van der Waals surface area (Å²) in [5.74, 6) is -0.589. The van der Waals surface area contributed by atoms with E-state index in [4.69, 9.17) is 9.15 Å². The molecule has 1 aromatic heterocycles. The molecule has 30 heavy (non-hydrogen) atoms. The highest BCUT2D eigenvalue weighted by atomic mass is 16.6. The highest BCUT2D eigenvalue weighted by Gasteiger charge is 2.26. The second-order valence-electron chi connectivity index (χ2n) is 6.76. The molecule has 1 atom stereocenters. The van der Waals surface area contributed by atoms with Crippen molar-refractivity contribution in [3.8, 4) is 11.3 Å². The van der Waals surface area contributed by atoms with E-state index in [0.717, 1.165) is 11.3 Å². The fraction of sp³-hybridized carbons (Fsp3) is 0.208. The zero-order valence-electron chi connectivity index (χ0n) is 17.1. The molecule has 0 aliphatic heterocycles. The Morgan fingerprint density at radius 2 is 1.63 bits per heavy atom. The van der Waals surface area contributed by atoms with Crippen molar-refractivity contribution in [2.24, 2.45) is 0 Å². The van der Waals surface area contributed by atoms with Gasteiger partial charge < -0.3 is 14.1 Å². The summed E-state index contributed by atoms with van der Waals surface area (Å²) in [4.78, 5) is 38.2. The standard InChI is InChI=1S/C24H23NO5/c1-4-25(20-8-6-5-7-9-20)23(27)17(3)29-24(28)22-15-14-21(30-22)19-12-10-18(11-13-19)16(2)26/h5-15,17H,4H2,1-3H3/t17-/m1/s1. The van der Waals surface area contributed by atoms with Gasteiger partial charge in [-0.15, -0.1) is 0 Å². The first kappa shape index (κ1) is 21.0. The second kappa shape index (κ2) is 9.22. The average molecular weight is 405 g/mol. The molecule has 1 heterocycles. The molecule has 0 bridgehead atoms. The maximum atomic E-state index is 12.7. The highest BCUT2D eigenvalue weighted by molar-refractivity contribution is 5.98. The number of hydrogen-bond acceptors (Lipinski definition) is 5. The molecule has 6 heteroatoms. The number of para-hydroxylation sites is 1. The Hall–Kier alpha value is -3.67. The minimum absolute atomic E-state index is 0.00283. The van der Waals surface area contributed by atoms with Gasteiger partial charge in [0.05, 0.1) is 0 Å². The first-order chi connectivity index (χ1) is 14.4. The number of ether oxygens (including phenoxy) is 1. The largest absolute Gasteiger partial charge is 0.449 e. The van der Waals surface area contributed by atoms with Crippen LogP contribution in [0.1, 0.15) is 41.7 Å². The normalized spacial score (nSPS) is 11.6. The molecule has 3 aromatic rings. The Morgan fingerprint density at radius 3 is 2.23 bits per heavy atom. The molecule has 6 nitrogen and oxygen atoms in total. The lowest BCUT2D eigenvalue weighted by Crippen LogP contribution is -2.40. The summed E-state index contributed by atoms with van der Waals surface area (Å²) in [6.45, 7) is 5.34. The van der Waals surface area contributed by atoms with Gasteiger partial charge >= 0.3 is 5.97 Å². The third kappa shape index (κ3) is 4.66. The van der Waals surface area contributed by atoms with E-state index in [2.05, 4.69) is 0 Å². The van der Waals surface area contributed by atoms with Crippen LogP contribution in [-0.4, -0.2) is 30.3 Å². The number of benzene rings is 2. The number of likely N-dealkylation sites (N-methyl/N-ethyl adjacent to an activating group) is 1. The van der Waals surface area contributed by atoms with E-state index in [1.54, 1.807) is 35.2 Å². The fourth-order valence-corrected chi connectivity index (χ4v) is 3.03.